The molecule has 1 aliphatic heterocycles. The number of hydrogen-bond donors (Lipinski definition) is 2. The van der Waals surface area contributed by atoms with E-state index in [9.17, 15) is 23.1 Å². The Morgan fingerprint density at radius 3 is 2.65 bits per heavy atom. The molecule has 0 bridgehead atoms. The van der Waals surface area contributed by atoms with Crippen LogP contribution in [0.4, 0.5) is 0 Å². The molecule has 1 saturated heterocycles. The van der Waals surface area contributed by atoms with E-state index in [0.29, 0.717) is 31.6 Å². The van der Waals surface area contributed by atoms with Crippen LogP contribution in [0.3, 0.4) is 0 Å². The number of sulfonamides is 1. The van der Waals surface area contributed by atoms with Crippen molar-refractivity contribution in [2.45, 2.75) is 30.2 Å². The SMILES string of the molecule is CSCC[C@H](NC(=O)[C@@H]1CCCN(S(=O)(=O)c2ccccc2)C1)C(=O)O. The number of carbonyl (C=O) groups excluding carboxylic acids is 1. The van der Waals surface area contributed by atoms with Crippen molar-refractivity contribution in [2.75, 3.05) is 25.1 Å². The second-order valence-corrected chi connectivity index (χ2v) is 9.12. The third-order valence-electron chi connectivity index (χ3n) is 4.36. The van der Waals surface area contributed by atoms with E-state index in [1.54, 1.807) is 18.2 Å². The predicted octanol–water partition coefficient (Wildman–Crippen LogP) is 1.41. The Kier molecular flexibility index (Phi) is 7.48. The lowest BCUT2D eigenvalue weighted by Gasteiger charge is -2.31. The maximum absolute atomic E-state index is 12.7. The minimum absolute atomic E-state index is 0.0674. The van der Waals surface area contributed by atoms with Crippen molar-refractivity contribution >= 4 is 33.7 Å². The number of aliphatic carboxylic acids is 1. The van der Waals surface area contributed by atoms with Crippen LogP contribution in [-0.2, 0) is 19.6 Å². The lowest BCUT2D eigenvalue weighted by atomic mass is 9.98. The number of carbonyl (C=O) groups is 2. The van der Waals surface area contributed by atoms with Crippen LogP contribution in [0.15, 0.2) is 35.2 Å². The van der Waals surface area contributed by atoms with Gasteiger partial charge in [0.1, 0.15) is 6.04 Å². The molecule has 0 unspecified atom stereocenters. The molecule has 2 atom stereocenters. The summed E-state index contributed by atoms with van der Waals surface area (Å²) in [6.07, 6.45) is 3.31. The van der Waals surface area contributed by atoms with Gasteiger partial charge < -0.3 is 10.4 Å². The normalized spacial score (nSPS) is 19.7. The summed E-state index contributed by atoms with van der Waals surface area (Å²) in [5.41, 5.74) is 0. The topological polar surface area (TPSA) is 104 Å². The maximum Gasteiger partial charge on any atom is 0.326 e. The molecule has 0 aromatic heterocycles. The van der Waals surface area contributed by atoms with Crippen LogP contribution in [0.2, 0.25) is 0 Å². The molecule has 26 heavy (non-hydrogen) atoms. The van der Waals surface area contributed by atoms with E-state index in [1.165, 1.54) is 28.2 Å². The highest BCUT2D eigenvalue weighted by atomic mass is 32.2. The molecular formula is C17H24N2O5S2. The van der Waals surface area contributed by atoms with Gasteiger partial charge in [-0.25, -0.2) is 13.2 Å². The molecule has 0 saturated carbocycles. The molecule has 7 nitrogen and oxygen atoms in total. The monoisotopic (exact) mass is 400 g/mol. The fraction of sp³-hybridized carbons (Fsp3) is 0.529. The Morgan fingerprint density at radius 2 is 2.04 bits per heavy atom. The van der Waals surface area contributed by atoms with Crippen LogP contribution in [0.1, 0.15) is 19.3 Å². The molecule has 1 aromatic carbocycles. The van der Waals surface area contributed by atoms with Crippen molar-refractivity contribution in [2.24, 2.45) is 5.92 Å². The number of carboxylic acids is 1. The molecule has 0 radical (unpaired) electrons. The van der Waals surface area contributed by atoms with E-state index in [2.05, 4.69) is 5.32 Å². The molecule has 1 aromatic rings. The molecule has 0 spiro atoms. The van der Waals surface area contributed by atoms with E-state index in [4.69, 9.17) is 0 Å². The minimum Gasteiger partial charge on any atom is -0.480 e. The summed E-state index contributed by atoms with van der Waals surface area (Å²) in [4.78, 5) is 24.0. The van der Waals surface area contributed by atoms with Crippen LogP contribution in [0.25, 0.3) is 0 Å². The molecule has 2 N–H and O–H groups in total. The number of carboxylic acid groups (broad SMARTS) is 1. The van der Waals surface area contributed by atoms with Gasteiger partial charge in [0.2, 0.25) is 15.9 Å². The molecule has 1 fully saturated rings. The van der Waals surface area contributed by atoms with E-state index in [-0.39, 0.29) is 11.4 Å². The molecule has 0 aliphatic carbocycles. The Balaban J connectivity index is 2.05. The lowest BCUT2D eigenvalue weighted by molar-refractivity contribution is -0.142. The molecule has 2 rings (SSSR count). The Bertz CT molecular complexity index is 724. The van der Waals surface area contributed by atoms with Gasteiger partial charge in [-0.3, -0.25) is 4.79 Å². The zero-order valence-electron chi connectivity index (χ0n) is 14.6. The van der Waals surface area contributed by atoms with Crippen molar-refractivity contribution < 1.29 is 23.1 Å². The average Bonchev–Trinajstić information content (AvgIpc) is 2.65. The van der Waals surface area contributed by atoms with Gasteiger partial charge in [-0.1, -0.05) is 18.2 Å². The first kappa shape index (κ1) is 20.7. The average molecular weight is 401 g/mol. The van der Waals surface area contributed by atoms with Crippen LogP contribution >= 0.6 is 11.8 Å². The third kappa shape index (κ3) is 5.21. The third-order valence-corrected chi connectivity index (χ3v) is 6.88. The van der Waals surface area contributed by atoms with Crippen LogP contribution in [0.5, 0.6) is 0 Å². The van der Waals surface area contributed by atoms with Crippen molar-refractivity contribution in [3.05, 3.63) is 30.3 Å². The number of benzene rings is 1. The molecule has 1 amide bonds. The van der Waals surface area contributed by atoms with Gasteiger partial charge >= 0.3 is 5.97 Å². The Morgan fingerprint density at radius 1 is 1.35 bits per heavy atom. The van der Waals surface area contributed by atoms with Gasteiger partial charge in [0.15, 0.2) is 0 Å². The summed E-state index contributed by atoms with van der Waals surface area (Å²) in [5, 5.41) is 11.8. The highest BCUT2D eigenvalue weighted by Crippen LogP contribution is 2.24. The first-order valence-electron chi connectivity index (χ1n) is 8.43. The lowest BCUT2D eigenvalue weighted by Crippen LogP contribution is -2.49. The van der Waals surface area contributed by atoms with Crippen molar-refractivity contribution in [3.63, 3.8) is 0 Å². The smallest absolute Gasteiger partial charge is 0.326 e. The molecule has 1 heterocycles. The number of thioether (sulfide) groups is 1. The zero-order valence-corrected chi connectivity index (χ0v) is 16.3. The van der Waals surface area contributed by atoms with Gasteiger partial charge in [-0.15, -0.1) is 0 Å². The minimum atomic E-state index is -3.65. The first-order valence-corrected chi connectivity index (χ1v) is 11.3. The van der Waals surface area contributed by atoms with E-state index in [0.717, 1.165) is 0 Å². The van der Waals surface area contributed by atoms with E-state index in [1.807, 2.05) is 6.26 Å². The van der Waals surface area contributed by atoms with Gasteiger partial charge in [0, 0.05) is 13.1 Å². The van der Waals surface area contributed by atoms with Crippen molar-refractivity contribution in [1.29, 1.82) is 0 Å². The number of rotatable bonds is 8. The molecule has 144 valence electrons. The summed E-state index contributed by atoms with van der Waals surface area (Å²) in [6.45, 7) is 0.424. The fourth-order valence-electron chi connectivity index (χ4n) is 2.90. The van der Waals surface area contributed by atoms with Gasteiger partial charge in [-0.05, 0) is 43.4 Å². The maximum atomic E-state index is 12.7. The van der Waals surface area contributed by atoms with Crippen molar-refractivity contribution in [3.8, 4) is 0 Å². The highest BCUT2D eigenvalue weighted by molar-refractivity contribution is 7.98. The summed E-state index contributed by atoms with van der Waals surface area (Å²) in [6, 6.07) is 7.17. The molecular weight excluding hydrogens is 376 g/mol. The summed E-state index contributed by atoms with van der Waals surface area (Å²) in [5.74, 6) is -1.39. The highest BCUT2D eigenvalue weighted by Gasteiger charge is 2.34. The summed E-state index contributed by atoms with van der Waals surface area (Å²) in [7, 11) is -3.65. The van der Waals surface area contributed by atoms with Crippen LogP contribution in [-0.4, -0.2) is 60.8 Å². The second kappa shape index (κ2) is 9.38. The first-order chi connectivity index (χ1) is 12.4. The number of piperidine rings is 1. The zero-order chi connectivity index (χ0) is 19.2. The summed E-state index contributed by atoms with van der Waals surface area (Å²) >= 11 is 1.51. The standard InChI is InChI=1S/C17H24N2O5S2/c1-25-11-9-15(17(21)22)18-16(20)13-6-5-10-19(12-13)26(23,24)14-7-3-2-4-8-14/h2-4,7-8,13,15H,5-6,9-12H2,1H3,(H,18,20)(H,21,22)/t13-,15+/m1/s1. The summed E-state index contributed by atoms with van der Waals surface area (Å²) < 4.78 is 26.8. The van der Waals surface area contributed by atoms with Crippen molar-refractivity contribution in [1.82, 2.24) is 9.62 Å². The number of nitrogens with zero attached hydrogens (tertiary/aromatic N) is 1. The van der Waals surface area contributed by atoms with Crippen LogP contribution in [0, 0.1) is 5.92 Å². The van der Waals surface area contributed by atoms with Crippen LogP contribution < -0.4 is 5.32 Å². The van der Waals surface area contributed by atoms with E-state index < -0.39 is 33.9 Å². The van der Waals surface area contributed by atoms with Gasteiger partial charge in [0.25, 0.3) is 0 Å². The molecule has 9 heteroatoms. The van der Waals surface area contributed by atoms with Gasteiger partial charge in [-0.2, -0.15) is 16.1 Å². The number of hydrogen-bond acceptors (Lipinski definition) is 5. The number of amides is 1. The predicted molar refractivity (Wildman–Crippen MR) is 100 cm³/mol. The Labute approximate surface area is 158 Å². The van der Waals surface area contributed by atoms with E-state index >= 15 is 0 Å². The quantitative estimate of drug-likeness (QED) is 0.684. The fourth-order valence-corrected chi connectivity index (χ4v) is 4.92. The van der Waals surface area contributed by atoms with Gasteiger partial charge in [0.05, 0.1) is 10.8 Å². The largest absolute Gasteiger partial charge is 0.480 e. The molecule has 1 aliphatic rings. The second-order valence-electron chi connectivity index (χ2n) is 6.20. The Hall–Kier alpha value is -1.58. The number of nitrogens with one attached hydrogen (secondary N) is 1.